The molecule has 2 N–H and O–H groups in total. The monoisotopic (exact) mass is 274 g/mol. The summed E-state index contributed by atoms with van der Waals surface area (Å²) in [5.74, 6) is 1.59. The number of thiophene rings is 1. The Labute approximate surface area is 117 Å². The molecule has 1 atom stereocenters. The molecule has 0 spiro atoms. The van der Waals surface area contributed by atoms with Gasteiger partial charge in [0.15, 0.2) is 0 Å². The van der Waals surface area contributed by atoms with Crippen molar-refractivity contribution in [3.05, 3.63) is 34.2 Å². The zero-order valence-electron chi connectivity index (χ0n) is 11.0. The lowest BCUT2D eigenvalue weighted by Gasteiger charge is -2.24. The van der Waals surface area contributed by atoms with Crippen molar-refractivity contribution in [2.45, 2.75) is 32.2 Å². The molecule has 0 saturated heterocycles. The predicted molar refractivity (Wildman–Crippen MR) is 79.8 cm³/mol. The Kier molecular flexibility index (Phi) is 3.64. The van der Waals surface area contributed by atoms with Crippen molar-refractivity contribution in [3.63, 3.8) is 0 Å². The van der Waals surface area contributed by atoms with Gasteiger partial charge in [-0.1, -0.05) is 0 Å². The summed E-state index contributed by atoms with van der Waals surface area (Å²) in [6.45, 7) is 2.88. The van der Waals surface area contributed by atoms with Crippen molar-refractivity contribution in [2.75, 3.05) is 17.2 Å². The van der Waals surface area contributed by atoms with Crippen molar-refractivity contribution in [3.8, 4) is 0 Å². The highest BCUT2D eigenvalue weighted by Crippen LogP contribution is 2.35. The van der Waals surface area contributed by atoms with Crippen molar-refractivity contribution in [1.82, 2.24) is 9.97 Å². The van der Waals surface area contributed by atoms with Crippen LogP contribution in [-0.2, 0) is 6.42 Å². The fourth-order valence-electron chi connectivity index (χ4n) is 2.50. The number of nitrogens with zero attached hydrogens (tertiary/aromatic N) is 2. The third kappa shape index (κ3) is 2.71. The number of aryl methyl sites for hydroxylation is 1. The molecule has 1 aliphatic rings. The average molecular weight is 274 g/mol. The topological polar surface area (TPSA) is 49.8 Å². The van der Waals surface area contributed by atoms with Gasteiger partial charge in [0.2, 0.25) is 5.95 Å². The molecule has 1 unspecified atom stereocenters. The maximum Gasteiger partial charge on any atom is 0.224 e. The number of rotatable bonds is 4. The lowest BCUT2D eigenvalue weighted by atomic mass is 9.94. The van der Waals surface area contributed by atoms with Crippen LogP contribution in [0.1, 0.15) is 36.2 Å². The third-order valence-corrected chi connectivity index (χ3v) is 4.36. The Morgan fingerprint density at radius 1 is 1.42 bits per heavy atom. The smallest absolute Gasteiger partial charge is 0.224 e. The number of aromatic nitrogens is 2. The van der Waals surface area contributed by atoms with Gasteiger partial charge in [-0.15, -0.1) is 11.3 Å². The highest BCUT2D eigenvalue weighted by Gasteiger charge is 2.21. The number of nitrogens with one attached hydrogen (secondary N) is 2. The van der Waals surface area contributed by atoms with Crippen LogP contribution in [0.4, 0.5) is 11.8 Å². The second kappa shape index (κ2) is 5.57. The Morgan fingerprint density at radius 3 is 3.26 bits per heavy atom. The van der Waals surface area contributed by atoms with E-state index in [9.17, 15) is 0 Å². The van der Waals surface area contributed by atoms with Crippen LogP contribution in [0.5, 0.6) is 0 Å². The summed E-state index contributed by atoms with van der Waals surface area (Å²) in [6, 6.07) is 4.56. The highest BCUT2D eigenvalue weighted by molar-refractivity contribution is 7.10. The van der Waals surface area contributed by atoms with Gasteiger partial charge in [0.25, 0.3) is 0 Å². The second-order valence-electron chi connectivity index (χ2n) is 4.68. The Hall–Kier alpha value is -1.62. The molecule has 5 heteroatoms. The molecule has 1 aliphatic carbocycles. The fourth-order valence-corrected chi connectivity index (χ4v) is 3.48. The van der Waals surface area contributed by atoms with Gasteiger partial charge in [-0.05, 0) is 49.3 Å². The van der Waals surface area contributed by atoms with Crippen molar-refractivity contribution in [1.29, 1.82) is 0 Å². The van der Waals surface area contributed by atoms with Gasteiger partial charge in [-0.3, -0.25) is 0 Å². The highest BCUT2D eigenvalue weighted by atomic mass is 32.1. The molecular formula is C14H18N4S. The molecular weight excluding hydrogens is 256 g/mol. The minimum absolute atomic E-state index is 0.388. The molecule has 2 heterocycles. The lowest BCUT2D eigenvalue weighted by molar-refractivity contribution is 0.607. The third-order valence-electron chi connectivity index (χ3n) is 3.36. The SMILES string of the molecule is CCNc1nccc(NC2CCCc3sccc32)n1. The van der Waals surface area contributed by atoms with Crippen LogP contribution in [0.2, 0.25) is 0 Å². The normalized spacial score (nSPS) is 17.8. The van der Waals surface area contributed by atoms with Gasteiger partial charge < -0.3 is 10.6 Å². The molecule has 0 fully saturated rings. The van der Waals surface area contributed by atoms with Crippen LogP contribution < -0.4 is 10.6 Å². The minimum atomic E-state index is 0.388. The molecule has 0 radical (unpaired) electrons. The molecule has 19 heavy (non-hydrogen) atoms. The summed E-state index contributed by atoms with van der Waals surface area (Å²) < 4.78 is 0. The van der Waals surface area contributed by atoms with E-state index in [1.54, 1.807) is 6.20 Å². The van der Waals surface area contributed by atoms with Crippen LogP contribution in [-0.4, -0.2) is 16.5 Å². The van der Waals surface area contributed by atoms with E-state index in [0.29, 0.717) is 12.0 Å². The van der Waals surface area contributed by atoms with Crippen molar-refractivity contribution < 1.29 is 0 Å². The first-order chi connectivity index (χ1) is 9.36. The fraction of sp³-hybridized carbons (Fsp3) is 0.429. The maximum atomic E-state index is 4.48. The largest absolute Gasteiger partial charge is 0.363 e. The lowest BCUT2D eigenvalue weighted by Crippen LogP contribution is -2.16. The van der Waals surface area contributed by atoms with E-state index in [1.165, 1.54) is 29.7 Å². The van der Waals surface area contributed by atoms with Gasteiger partial charge in [-0.25, -0.2) is 4.98 Å². The molecule has 3 rings (SSSR count). The molecule has 2 aromatic rings. The van der Waals surface area contributed by atoms with Gasteiger partial charge in [0, 0.05) is 17.6 Å². The van der Waals surface area contributed by atoms with Crippen LogP contribution in [0.25, 0.3) is 0 Å². The van der Waals surface area contributed by atoms with Gasteiger partial charge in [-0.2, -0.15) is 4.98 Å². The summed E-state index contributed by atoms with van der Waals surface area (Å²) in [5.41, 5.74) is 1.44. The van der Waals surface area contributed by atoms with Gasteiger partial charge in [0.1, 0.15) is 5.82 Å². The number of fused-ring (bicyclic) bond motifs is 1. The standard InChI is InChI=1S/C14H18N4S/c1-2-15-14-16-8-6-13(18-14)17-11-4-3-5-12-10(11)7-9-19-12/h6-9,11H,2-5H2,1H3,(H2,15,16,17,18). The number of hydrogen-bond acceptors (Lipinski definition) is 5. The second-order valence-corrected chi connectivity index (χ2v) is 5.68. The number of hydrogen-bond donors (Lipinski definition) is 2. The van der Waals surface area contributed by atoms with E-state index >= 15 is 0 Å². The van der Waals surface area contributed by atoms with Crippen LogP contribution >= 0.6 is 11.3 Å². The van der Waals surface area contributed by atoms with Crippen LogP contribution in [0.15, 0.2) is 23.7 Å². The Balaban J connectivity index is 1.77. The van der Waals surface area contributed by atoms with Crippen molar-refractivity contribution in [2.24, 2.45) is 0 Å². The Bertz CT molecular complexity index is 552. The van der Waals surface area contributed by atoms with E-state index in [4.69, 9.17) is 0 Å². The molecule has 0 saturated carbocycles. The molecule has 0 aromatic carbocycles. The van der Waals surface area contributed by atoms with E-state index in [2.05, 4.69) is 32.0 Å². The number of anilines is 2. The zero-order chi connectivity index (χ0) is 13.1. The van der Waals surface area contributed by atoms with Crippen LogP contribution in [0, 0.1) is 0 Å². The molecule has 0 aliphatic heterocycles. The van der Waals surface area contributed by atoms with Gasteiger partial charge in [0.05, 0.1) is 6.04 Å². The van der Waals surface area contributed by atoms with E-state index in [-0.39, 0.29) is 0 Å². The maximum absolute atomic E-state index is 4.48. The minimum Gasteiger partial charge on any atom is -0.363 e. The zero-order valence-corrected chi connectivity index (χ0v) is 11.8. The summed E-state index contributed by atoms with van der Waals surface area (Å²) >= 11 is 1.87. The Morgan fingerprint density at radius 2 is 2.37 bits per heavy atom. The first-order valence-electron chi connectivity index (χ1n) is 6.76. The first kappa shape index (κ1) is 12.4. The predicted octanol–water partition coefficient (Wildman–Crippen LogP) is 3.46. The molecule has 100 valence electrons. The summed E-state index contributed by atoms with van der Waals surface area (Å²) in [6.07, 6.45) is 5.43. The summed E-state index contributed by atoms with van der Waals surface area (Å²) in [7, 11) is 0. The summed E-state index contributed by atoms with van der Waals surface area (Å²) in [5, 5.41) is 8.87. The quantitative estimate of drug-likeness (QED) is 0.896. The molecule has 2 aromatic heterocycles. The van der Waals surface area contributed by atoms with E-state index in [1.807, 2.05) is 24.3 Å². The van der Waals surface area contributed by atoms with E-state index in [0.717, 1.165) is 12.4 Å². The van der Waals surface area contributed by atoms with Gasteiger partial charge >= 0.3 is 0 Å². The average Bonchev–Trinajstić information content (AvgIpc) is 2.89. The molecule has 0 bridgehead atoms. The van der Waals surface area contributed by atoms with E-state index < -0.39 is 0 Å². The first-order valence-corrected chi connectivity index (χ1v) is 7.64. The molecule has 0 amide bonds. The summed E-state index contributed by atoms with van der Waals surface area (Å²) in [4.78, 5) is 10.2. The van der Waals surface area contributed by atoms with Crippen LogP contribution in [0.3, 0.4) is 0 Å². The molecule has 4 nitrogen and oxygen atoms in total. The van der Waals surface area contributed by atoms with Crippen molar-refractivity contribution >= 4 is 23.1 Å².